The molecule has 7 N–H and O–H groups in total. The van der Waals surface area contributed by atoms with Crippen molar-refractivity contribution in [3.8, 4) is 0 Å². The molecule has 2 amide bonds. The molecule has 12 nitrogen and oxygen atoms in total. The number of aromatic nitrogens is 2. The Bertz CT molecular complexity index is 531. The number of nitrogens with zero attached hydrogens (tertiary/aromatic N) is 4. The molecule has 0 saturated heterocycles. The summed E-state index contributed by atoms with van der Waals surface area (Å²) in [7, 11) is 0. The Hall–Kier alpha value is -3.02. The Labute approximate surface area is 112 Å². The van der Waals surface area contributed by atoms with Gasteiger partial charge in [0.1, 0.15) is 6.33 Å². The number of nitro groups is 1. The van der Waals surface area contributed by atoms with Crippen molar-refractivity contribution in [1.82, 2.24) is 9.97 Å². The highest BCUT2D eigenvalue weighted by molar-refractivity contribution is 5.86. The first-order valence-electron chi connectivity index (χ1n) is 5.14. The summed E-state index contributed by atoms with van der Waals surface area (Å²) in [5, 5.41) is 11.0. The molecule has 12 heteroatoms. The number of carbonyl (C=O) groups is 2. The maximum absolute atomic E-state index is 11.0. The molecule has 0 bridgehead atoms. The van der Waals surface area contributed by atoms with Gasteiger partial charge in [-0.1, -0.05) is 0 Å². The van der Waals surface area contributed by atoms with E-state index < -0.39 is 35.5 Å². The minimum Gasteiger partial charge on any atom is -0.368 e. The molecule has 1 aromatic rings. The van der Waals surface area contributed by atoms with E-state index in [0.29, 0.717) is 0 Å². The molecule has 0 atom stereocenters. The summed E-state index contributed by atoms with van der Waals surface area (Å²) >= 11 is 0. The Kier molecular flexibility index (Phi) is 4.69. The van der Waals surface area contributed by atoms with Crippen LogP contribution in [0.15, 0.2) is 6.33 Å². The predicted molar refractivity (Wildman–Crippen MR) is 67.1 cm³/mol. The summed E-state index contributed by atoms with van der Waals surface area (Å²) in [4.78, 5) is 40.4. The third-order valence-electron chi connectivity index (χ3n) is 2.12. The van der Waals surface area contributed by atoms with Gasteiger partial charge in [-0.15, -0.1) is 0 Å². The van der Waals surface area contributed by atoms with Crippen molar-refractivity contribution in [2.45, 2.75) is 0 Å². The molecule has 0 aliphatic rings. The van der Waals surface area contributed by atoms with Crippen molar-refractivity contribution in [2.75, 3.05) is 23.4 Å². The fraction of sp³-hybridized carbons (Fsp3) is 0.250. The minimum absolute atomic E-state index is 0.279. The zero-order chi connectivity index (χ0) is 15.3. The Balaban J connectivity index is 3.34. The van der Waals surface area contributed by atoms with E-state index in [-0.39, 0.29) is 11.6 Å². The zero-order valence-electron chi connectivity index (χ0n) is 10.1. The second-order valence-electron chi connectivity index (χ2n) is 3.58. The lowest BCUT2D eigenvalue weighted by atomic mass is 10.3. The fourth-order valence-corrected chi connectivity index (χ4v) is 1.46. The van der Waals surface area contributed by atoms with Gasteiger partial charge in [0.05, 0.1) is 18.0 Å². The lowest BCUT2D eigenvalue weighted by Gasteiger charge is -2.20. The summed E-state index contributed by atoms with van der Waals surface area (Å²) < 4.78 is 0. The van der Waals surface area contributed by atoms with Crippen LogP contribution in [0.5, 0.6) is 0 Å². The number of nitrogens with one attached hydrogen (secondary N) is 1. The van der Waals surface area contributed by atoms with Crippen LogP contribution >= 0.6 is 0 Å². The van der Waals surface area contributed by atoms with E-state index in [1.54, 1.807) is 0 Å². The standard InChI is InChI=1S/C8H12N8O4/c9-4(17)1-15(2-5(10)18)8-6(16(19)20)7(14-11)12-3-13-8/h3H,1-2,11H2,(H2,9,17)(H2,10,18)(H,12,13,14). The van der Waals surface area contributed by atoms with E-state index in [1.807, 2.05) is 5.43 Å². The number of nitrogen functional groups attached to an aromatic ring is 1. The third-order valence-corrected chi connectivity index (χ3v) is 2.12. The summed E-state index contributed by atoms with van der Waals surface area (Å²) in [5.41, 5.74) is 11.5. The lowest BCUT2D eigenvalue weighted by Crippen LogP contribution is -2.40. The number of hydrogen-bond acceptors (Lipinski definition) is 9. The number of primary amides is 2. The number of anilines is 2. The van der Waals surface area contributed by atoms with Crippen molar-refractivity contribution in [2.24, 2.45) is 17.3 Å². The number of hydrazine groups is 1. The summed E-state index contributed by atoms with van der Waals surface area (Å²) in [6.07, 6.45) is 0.979. The highest BCUT2D eigenvalue weighted by Gasteiger charge is 2.28. The minimum atomic E-state index is -0.818. The first-order valence-corrected chi connectivity index (χ1v) is 5.14. The van der Waals surface area contributed by atoms with Gasteiger partial charge >= 0.3 is 5.69 Å². The van der Waals surface area contributed by atoms with Gasteiger partial charge in [-0.2, -0.15) is 0 Å². The van der Waals surface area contributed by atoms with Gasteiger partial charge in [0, 0.05) is 0 Å². The largest absolute Gasteiger partial charge is 0.368 e. The monoisotopic (exact) mass is 284 g/mol. The molecule has 0 spiro atoms. The van der Waals surface area contributed by atoms with Crippen LogP contribution < -0.4 is 27.6 Å². The van der Waals surface area contributed by atoms with E-state index in [9.17, 15) is 19.7 Å². The van der Waals surface area contributed by atoms with E-state index in [4.69, 9.17) is 17.3 Å². The van der Waals surface area contributed by atoms with E-state index in [1.165, 1.54) is 0 Å². The molecule has 0 fully saturated rings. The maximum Gasteiger partial charge on any atom is 0.354 e. The average molecular weight is 284 g/mol. The summed E-state index contributed by atoms with van der Waals surface area (Å²) in [6, 6.07) is 0. The van der Waals surface area contributed by atoms with Crippen LogP contribution in [-0.2, 0) is 9.59 Å². The number of amides is 2. The first-order chi connectivity index (χ1) is 9.36. The van der Waals surface area contributed by atoms with Crippen LogP contribution in [0.2, 0.25) is 0 Å². The second-order valence-corrected chi connectivity index (χ2v) is 3.58. The molecular weight excluding hydrogens is 272 g/mol. The van der Waals surface area contributed by atoms with Gasteiger partial charge in [0.15, 0.2) is 0 Å². The SMILES string of the molecule is NNc1ncnc(N(CC(N)=O)CC(N)=O)c1[N+](=O)[O-]. The van der Waals surface area contributed by atoms with Crippen molar-refractivity contribution in [3.05, 3.63) is 16.4 Å². The molecule has 20 heavy (non-hydrogen) atoms. The van der Waals surface area contributed by atoms with Gasteiger partial charge in [0.25, 0.3) is 0 Å². The van der Waals surface area contributed by atoms with Crippen molar-refractivity contribution in [1.29, 1.82) is 0 Å². The van der Waals surface area contributed by atoms with Crippen molar-refractivity contribution < 1.29 is 14.5 Å². The first kappa shape index (κ1) is 15.0. The topological polar surface area (TPSA) is 196 Å². The molecule has 108 valence electrons. The Morgan fingerprint density at radius 3 is 2.25 bits per heavy atom. The van der Waals surface area contributed by atoms with Crippen LogP contribution in [0.4, 0.5) is 17.3 Å². The molecule has 0 unspecified atom stereocenters. The average Bonchev–Trinajstić information content (AvgIpc) is 2.35. The summed E-state index contributed by atoms with van der Waals surface area (Å²) in [6.45, 7) is -0.963. The normalized spacial score (nSPS) is 9.85. The smallest absolute Gasteiger partial charge is 0.354 e. The van der Waals surface area contributed by atoms with Gasteiger partial charge in [-0.3, -0.25) is 19.7 Å². The molecule has 1 rings (SSSR count). The molecule has 0 radical (unpaired) electrons. The third kappa shape index (κ3) is 3.49. The second kappa shape index (κ2) is 6.24. The van der Waals surface area contributed by atoms with E-state index in [0.717, 1.165) is 11.2 Å². The highest BCUT2D eigenvalue weighted by Crippen LogP contribution is 2.30. The number of carbonyl (C=O) groups excluding carboxylic acids is 2. The maximum atomic E-state index is 11.0. The number of rotatable bonds is 7. The van der Waals surface area contributed by atoms with Crippen molar-refractivity contribution in [3.63, 3.8) is 0 Å². The van der Waals surface area contributed by atoms with Crippen LogP contribution in [0.3, 0.4) is 0 Å². The van der Waals surface area contributed by atoms with Gasteiger partial charge < -0.3 is 21.8 Å². The Morgan fingerprint density at radius 1 is 1.30 bits per heavy atom. The quantitative estimate of drug-likeness (QED) is 0.236. The van der Waals surface area contributed by atoms with Crippen molar-refractivity contribution >= 4 is 29.1 Å². The molecular formula is C8H12N8O4. The molecule has 1 heterocycles. The van der Waals surface area contributed by atoms with Gasteiger partial charge in [-0.25, -0.2) is 15.8 Å². The van der Waals surface area contributed by atoms with Gasteiger partial charge in [-0.05, 0) is 0 Å². The van der Waals surface area contributed by atoms with Crippen LogP contribution in [-0.4, -0.2) is 39.8 Å². The molecule has 0 aliphatic heterocycles. The fourth-order valence-electron chi connectivity index (χ4n) is 1.46. The molecule has 1 aromatic heterocycles. The molecule has 0 saturated carbocycles. The van der Waals surface area contributed by atoms with E-state index >= 15 is 0 Å². The molecule has 0 aromatic carbocycles. The van der Waals surface area contributed by atoms with Gasteiger partial charge in [0.2, 0.25) is 23.5 Å². The van der Waals surface area contributed by atoms with Crippen LogP contribution in [0, 0.1) is 10.1 Å². The highest BCUT2D eigenvalue weighted by atomic mass is 16.6. The number of hydrogen-bond donors (Lipinski definition) is 4. The molecule has 0 aliphatic carbocycles. The Morgan fingerprint density at radius 2 is 1.85 bits per heavy atom. The lowest BCUT2D eigenvalue weighted by molar-refractivity contribution is -0.383. The van der Waals surface area contributed by atoms with E-state index in [2.05, 4.69) is 9.97 Å². The summed E-state index contributed by atoms with van der Waals surface area (Å²) in [5.74, 6) is 2.90. The van der Waals surface area contributed by atoms with Crippen LogP contribution in [0.25, 0.3) is 0 Å². The number of nitrogens with two attached hydrogens (primary N) is 3. The predicted octanol–water partition coefficient (Wildman–Crippen LogP) is -2.55. The van der Waals surface area contributed by atoms with Crippen LogP contribution in [0.1, 0.15) is 0 Å². The zero-order valence-corrected chi connectivity index (χ0v) is 10.1.